The molecule has 1 aromatic heterocycles. The van der Waals surface area contributed by atoms with E-state index in [9.17, 15) is 4.79 Å². The molecule has 0 saturated carbocycles. The highest BCUT2D eigenvalue weighted by Crippen LogP contribution is 2.09. The Labute approximate surface area is 87.8 Å². The molecule has 1 aromatic rings. The third-order valence-corrected chi connectivity index (χ3v) is 1.82. The molecule has 0 aromatic carbocycles. The number of halogens is 1. The Bertz CT molecular complexity index is 327. The summed E-state index contributed by atoms with van der Waals surface area (Å²) in [5.74, 6) is -0.199. The topological polar surface area (TPSA) is 70.9 Å². The fraction of sp³-hybridized carbons (Fsp3) is 0.444. The molecule has 0 aliphatic heterocycles. The molecule has 1 amide bonds. The van der Waals surface area contributed by atoms with E-state index in [0.717, 1.165) is 0 Å². The summed E-state index contributed by atoms with van der Waals surface area (Å²) in [6, 6.07) is 1.57. The van der Waals surface area contributed by atoms with Crippen LogP contribution in [-0.2, 0) is 0 Å². The minimum absolute atomic E-state index is 0.199. The van der Waals surface area contributed by atoms with Crippen LogP contribution >= 0.6 is 11.6 Å². The number of hydrogen-bond acceptors (Lipinski definition) is 2. The van der Waals surface area contributed by atoms with Gasteiger partial charge in [-0.15, -0.1) is 0 Å². The molecule has 4 N–H and O–H groups in total. The van der Waals surface area contributed by atoms with Crippen LogP contribution in [-0.4, -0.2) is 23.0 Å². The number of rotatable bonds is 3. The van der Waals surface area contributed by atoms with E-state index >= 15 is 0 Å². The molecule has 0 radical (unpaired) electrons. The van der Waals surface area contributed by atoms with Crippen molar-refractivity contribution < 1.29 is 4.79 Å². The van der Waals surface area contributed by atoms with Crippen molar-refractivity contribution in [3.63, 3.8) is 0 Å². The summed E-state index contributed by atoms with van der Waals surface area (Å²) in [6.07, 6.45) is 1.56. The Kier molecular flexibility index (Phi) is 3.18. The van der Waals surface area contributed by atoms with Gasteiger partial charge in [0.15, 0.2) is 0 Å². The molecule has 4 nitrogen and oxygen atoms in total. The number of nitrogens with one attached hydrogen (secondary N) is 2. The maximum atomic E-state index is 11.4. The first-order valence-corrected chi connectivity index (χ1v) is 4.67. The number of carbonyl (C=O) groups excluding carboxylic acids is 1. The van der Waals surface area contributed by atoms with E-state index in [1.807, 2.05) is 13.8 Å². The van der Waals surface area contributed by atoms with Gasteiger partial charge in [0, 0.05) is 18.3 Å². The second-order valence-electron chi connectivity index (χ2n) is 3.90. The average molecular weight is 216 g/mol. The molecule has 1 heterocycles. The molecule has 14 heavy (non-hydrogen) atoms. The van der Waals surface area contributed by atoms with Crippen molar-refractivity contribution in [3.8, 4) is 0 Å². The lowest BCUT2D eigenvalue weighted by molar-refractivity contribution is 0.0941. The van der Waals surface area contributed by atoms with E-state index in [0.29, 0.717) is 17.3 Å². The summed E-state index contributed by atoms with van der Waals surface area (Å²) in [7, 11) is 0. The molecule has 78 valence electrons. The SMILES string of the molecule is CC(C)(N)CNC(=O)c1cc(Cl)c[nH]1. The lowest BCUT2D eigenvalue weighted by atomic mass is 10.1. The Morgan fingerprint density at radius 3 is 2.79 bits per heavy atom. The van der Waals surface area contributed by atoms with Gasteiger partial charge in [-0.05, 0) is 19.9 Å². The molecule has 0 aliphatic rings. The lowest BCUT2D eigenvalue weighted by Gasteiger charge is -2.18. The summed E-state index contributed by atoms with van der Waals surface area (Å²) in [4.78, 5) is 14.2. The van der Waals surface area contributed by atoms with Crippen molar-refractivity contribution in [2.45, 2.75) is 19.4 Å². The average Bonchev–Trinajstić information content (AvgIpc) is 2.46. The van der Waals surface area contributed by atoms with Crippen molar-refractivity contribution in [1.29, 1.82) is 0 Å². The van der Waals surface area contributed by atoms with Gasteiger partial charge in [-0.25, -0.2) is 0 Å². The minimum atomic E-state index is -0.411. The van der Waals surface area contributed by atoms with Crippen LogP contribution in [0.15, 0.2) is 12.3 Å². The number of amides is 1. The molecule has 0 atom stereocenters. The Morgan fingerprint density at radius 1 is 1.71 bits per heavy atom. The Hall–Kier alpha value is -1.00. The summed E-state index contributed by atoms with van der Waals surface area (Å²) in [5.41, 5.74) is 5.75. The van der Waals surface area contributed by atoms with E-state index in [1.165, 1.54) is 0 Å². The van der Waals surface area contributed by atoms with Gasteiger partial charge in [-0.3, -0.25) is 4.79 Å². The molecule has 1 rings (SSSR count). The van der Waals surface area contributed by atoms with Gasteiger partial charge in [0.1, 0.15) is 5.69 Å². The number of aromatic nitrogens is 1. The van der Waals surface area contributed by atoms with Gasteiger partial charge in [-0.1, -0.05) is 11.6 Å². The molecule has 0 unspecified atom stereocenters. The van der Waals surface area contributed by atoms with Gasteiger partial charge in [-0.2, -0.15) is 0 Å². The van der Waals surface area contributed by atoms with Crippen LogP contribution in [0.2, 0.25) is 5.02 Å². The van der Waals surface area contributed by atoms with Gasteiger partial charge in [0.05, 0.1) is 5.02 Å². The van der Waals surface area contributed by atoms with E-state index in [4.69, 9.17) is 17.3 Å². The number of carbonyl (C=O) groups is 1. The molecular weight excluding hydrogens is 202 g/mol. The van der Waals surface area contributed by atoms with Crippen molar-refractivity contribution in [2.24, 2.45) is 5.73 Å². The van der Waals surface area contributed by atoms with Crippen LogP contribution in [0.25, 0.3) is 0 Å². The second kappa shape index (κ2) is 4.02. The first kappa shape index (κ1) is 11.1. The van der Waals surface area contributed by atoms with Gasteiger partial charge in [0.25, 0.3) is 5.91 Å². The maximum absolute atomic E-state index is 11.4. The van der Waals surface area contributed by atoms with Crippen LogP contribution in [0.4, 0.5) is 0 Å². The van der Waals surface area contributed by atoms with Gasteiger partial charge >= 0.3 is 0 Å². The first-order chi connectivity index (χ1) is 6.38. The number of aromatic amines is 1. The number of H-pyrrole nitrogens is 1. The van der Waals surface area contributed by atoms with Crippen molar-refractivity contribution in [2.75, 3.05) is 6.54 Å². The Balaban J connectivity index is 2.52. The molecular formula is C9H14ClN3O. The first-order valence-electron chi connectivity index (χ1n) is 4.29. The molecule has 0 saturated heterocycles. The van der Waals surface area contributed by atoms with E-state index in [-0.39, 0.29) is 5.91 Å². The fourth-order valence-electron chi connectivity index (χ4n) is 0.902. The number of nitrogens with two attached hydrogens (primary N) is 1. The van der Waals surface area contributed by atoms with Gasteiger partial charge in [0.2, 0.25) is 0 Å². The summed E-state index contributed by atoms with van der Waals surface area (Å²) in [5, 5.41) is 3.21. The zero-order chi connectivity index (χ0) is 10.8. The highest BCUT2D eigenvalue weighted by molar-refractivity contribution is 6.30. The largest absolute Gasteiger partial charge is 0.356 e. The van der Waals surface area contributed by atoms with Crippen molar-refractivity contribution in [1.82, 2.24) is 10.3 Å². The molecule has 5 heteroatoms. The molecule has 0 fully saturated rings. The molecule has 0 spiro atoms. The monoisotopic (exact) mass is 215 g/mol. The predicted molar refractivity (Wildman–Crippen MR) is 56.4 cm³/mol. The zero-order valence-electron chi connectivity index (χ0n) is 8.23. The molecule has 0 bridgehead atoms. The quantitative estimate of drug-likeness (QED) is 0.708. The van der Waals surface area contributed by atoms with Crippen LogP contribution in [0.5, 0.6) is 0 Å². The number of hydrogen-bond donors (Lipinski definition) is 3. The van der Waals surface area contributed by atoms with Crippen LogP contribution < -0.4 is 11.1 Å². The summed E-state index contributed by atoms with van der Waals surface area (Å²) < 4.78 is 0. The van der Waals surface area contributed by atoms with E-state index < -0.39 is 5.54 Å². The van der Waals surface area contributed by atoms with Crippen molar-refractivity contribution in [3.05, 3.63) is 23.0 Å². The molecule has 0 aliphatic carbocycles. The van der Waals surface area contributed by atoms with Crippen LogP contribution in [0.3, 0.4) is 0 Å². The standard InChI is InChI=1S/C9H14ClN3O/c1-9(2,11)5-13-8(14)7-3-6(10)4-12-7/h3-4,12H,5,11H2,1-2H3,(H,13,14). The normalized spacial score (nSPS) is 11.4. The second-order valence-corrected chi connectivity index (χ2v) is 4.34. The third-order valence-electron chi connectivity index (χ3n) is 1.60. The fourth-order valence-corrected chi connectivity index (χ4v) is 1.07. The Morgan fingerprint density at radius 2 is 2.36 bits per heavy atom. The van der Waals surface area contributed by atoms with E-state index in [1.54, 1.807) is 12.3 Å². The third kappa shape index (κ3) is 3.40. The smallest absolute Gasteiger partial charge is 0.267 e. The lowest BCUT2D eigenvalue weighted by Crippen LogP contribution is -2.45. The van der Waals surface area contributed by atoms with Gasteiger partial charge < -0.3 is 16.0 Å². The van der Waals surface area contributed by atoms with Crippen LogP contribution in [0, 0.1) is 0 Å². The zero-order valence-corrected chi connectivity index (χ0v) is 8.98. The maximum Gasteiger partial charge on any atom is 0.267 e. The summed E-state index contributed by atoms with van der Waals surface area (Å²) in [6.45, 7) is 4.10. The van der Waals surface area contributed by atoms with Crippen molar-refractivity contribution >= 4 is 17.5 Å². The van der Waals surface area contributed by atoms with Crippen LogP contribution in [0.1, 0.15) is 24.3 Å². The summed E-state index contributed by atoms with van der Waals surface area (Å²) >= 11 is 5.66. The highest BCUT2D eigenvalue weighted by atomic mass is 35.5. The highest BCUT2D eigenvalue weighted by Gasteiger charge is 2.13. The van der Waals surface area contributed by atoms with E-state index in [2.05, 4.69) is 10.3 Å². The predicted octanol–water partition coefficient (Wildman–Crippen LogP) is 1.14. The minimum Gasteiger partial charge on any atom is -0.356 e.